The molecule has 0 spiro atoms. The van der Waals surface area contributed by atoms with E-state index in [1.807, 2.05) is 6.92 Å². The van der Waals surface area contributed by atoms with Crippen LogP contribution in [0.15, 0.2) is 0 Å². The van der Waals surface area contributed by atoms with Crippen molar-refractivity contribution in [2.24, 2.45) is 0 Å². The summed E-state index contributed by atoms with van der Waals surface area (Å²) in [5.41, 5.74) is 0.202. The highest BCUT2D eigenvalue weighted by molar-refractivity contribution is 7.56. The minimum Gasteiger partial charge on any atom is -0.303 e. The molecule has 0 saturated heterocycles. The van der Waals surface area contributed by atoms with Gasteiger partial charge in [-0.3, -0.25) is 4.52 Å². The van der Waals surface area contributed by atoms with Crippen molar-refractivity contribution in [3.63, 3.8) is 0 Å². The second-order valence-electron chi connectivity index (χ2n) is 3.01. The average molecular weight is 214 g/mol. The lowest BCUT2D eigenvalue weighted by Crippen LogP contribution is -2.20. The van der Waals surface area contributed by atoms with Crippen molar-refractivity contribution >= 4 is 15.7 Å². The van der Waals surface area contributed by atoms with Crippen molar-refractivity contribution in [1.82, 2.24) is 0 Å². The zero-order valence-corrected chi connectivity index (χ0v) is 9.55. The third kappa shape index (κ3) is 5.23. The lowest BCUT2D eigenvalue weighted by molar-refractivity contribution is 0.144. The van der Waals surface area contributed by atoms with E-state index in [1.54, 1.807) is 6.92 Å². The fourth-order valence-corrected chi connectivity index (χ4v) is 2.34. The van der Waals surface area contributed by atoms with E-state index in [4.69, 9.17) is 9.79 Å². The van der Waals surface area contributed by atoms with Crippen molar-refractivity contribution in [2.75, 3.05) is 13.3 Å². The molecule has 0 rings (SSSR count). The van der Waals surface area contributed by atoms with Gasteiger partial charge in [-0.15, -0.1) is 7.92 Å². The van der Waals surface area contributed by atoms with Crippen LogP contribution in [0.2, 0.25) is 0 Å². The number of hydrogen-bond donors (Lipinski definition) is 2. The first kappa shape index (κ1) is 12.5. The van der Waals surface area contributed by atoms with Crippen LogP contribution in [-0.2, 0) is 9.09 Å². The minimum atomic E-state index is -4.31. The van der Waals surface area contributed by atoms with Crippen molar-refractivity contribution in [3.8, 4) is 0 Å². The predicted octanol–water partition coefficient (Wildman–Crippen LogP) is 1.61. The molecule has 0 saturated carbocycles. The molecule has 2 N–H and O–H groups in total. The summed E-state index contributed by atoms with van der Waals surface area (Å²) in [5.74, 6) is 0. The molecule has 0 aromatic carbocycles. The smallest absolute Gasteiger partial charge is 0.303 e. The first-order valence-corrected chi connectivity index (χ1v) is 7.48. The van der Waals surface area contributed by atoms with Crippen molar-refractivity contribution in [3.05, 3.63) is 0 Å². The average Bonchev–Trinajstić information content (AvgIpc) is 1.82. The Morgan fingerprint density at radius 3 is 2.00 bits per heavy atom. The molecule has 0 aromatic heterocycles. The highest BCUT2D eigenvalue weighted by atomic mass is 31.2. The third-order valence-corrected chi connectivity index (χ3v) is 4.45. The Morgan fingerprint density at radius 1 is 1.33 bits per heavy atom. The highest BCUT2D eigenvalue weighted by Crippen LogP contribution is 2.43. The van der Waals surface area contributed by atoms with Crippen LogP contribution in [0.1, 0.15) is 13.8 Å². The Hall–Kier alpha value is 0.540. The van der Waals surface area contributed by atoms with Gasteiger partial charge in [-0.05, 0) is 20.3 Å². The molecule has 0 aromatic rings. The summed E-state index contributed by atoms with van der Waals surface area (Å²) >= 11 is 0. The fraction of sp³-hybridized carbons (Fsp3) is 1.00. The molecule has 0 amide bonds. The van der Waals surface area contributed by atoms with Gasteiger partial charge in [0.05, 0.1) is 6.10 Å². The van der Waals surface area contributed by atoms with Gasteiger partial charge < -0.3 is 9.79 Å². The maximum absolute atomic E-state index is 10.4. The van der Waals surface area contributed by atoms with Gasteiger partial charge in [0.1, 0.15) is 0 Å². The normalized spacial score (nSPS) is 17.9. The number of rotatable bonds is 4. The highest BCUT2D eigenvalue weighted by Gasteiger charge is 2.24. The Morgan fingerprint density at radius 2 is 1.75 bits per heavy atom. The van der Waals surface area contributed by atoms with Crippen LogP contribution in [-0.4, -0.2) is 34.9 Å². The first-order chi connectivity index (χ1) is 5.24. The second-order valence-corrected chi connectivity index (χ2v) is 6.94. The van der Waals surface area contributed by atoms with E-state index in [9.17, 15) is 4.57 Å². The van der Waals surface area contributed by atoms with E-state index in [2.05, 4.69) is 17.9 Å². The van der Waals surface area contributed by atoms with E-state index in [1.165, 1.54) is 0 Å². The van der Waals surface area contributed by atoms with E-state index >= 15 is 0 Å². The standard InChI is InChI=1S/C6H16O4P2/c1-5(6(2)11(3)4)10-12(7,8)9/h5-6H,1-4H3,(H2,7,8,9). The van der Waals surface area contributed by atoms with Crippen LogP contribution in [0.5, 0.6) is 0 Å². The largest absolute Gasteiger partial charge is 0.469 e. The molecule has 0 radical (unpaired) electrons. The summed E-state index contributed by atoms with van der Waals surface area (Å²) < 4.78 is 15.0. The molecule has 74 valence electrons. The van der Waals surface area contributed by atoms with Gasteiger partial charge in [0.25, 0.3) is 0 Å². The molecule has 0 aliphatic heterocycles. The summed E-state index contributed by atoms with van der Waals surface area (Å²) in [6.07, 6.45) is -0.382. The minimum absolute atomic E-state index is 0.202. The summed E-state index contributed by atoms with van der Waals surface area (Å²) in [6.45, 7) is 7.73. The van der Waals surface area contributed by atoms with Gasteiger partial charge >= 0.3 is 7.82 Å². The molecule has 6 heteroatoms. The van der Waals surface area contributed by atoms with Gasteiger partial charge in [0.2, 0.25) is 0 Å². The second kappa shape index (κ2) is 4.69. The molecule has 0 aliphatic rings. The Balaban J connectivity index is 4.04. The number of phosphoric ester groups is 1. The van der Waals surface area contributed by atoms with Crippen molar-refractivity contribution in [1.29, 1.82) is 0 Å². The molecular weight excluding hydrogens is 198 g/mol. The predicted molar refractivity (Wildman–Crippen MR) is 50.8 cm³/mol. The monoisotopic (exact) mass is 214 g/mol. The quantitative estimate of drug-likeness (QED) is 0.697. The third-order valence-electron chi connectivity index (χ3n) is 1.80. The van der Waals surface area contributed by atoms with Crippen LogP contribution in [0, 0.1) is 0 Å². The van der Waals surface area contributed by atoms with Gasteiger partial charge in [-0.25, -0.2) is 4.57 Å². The number of hydrogen-bond acceptors (Lipinski definition) is 2. The van der Waals surface area contributed by atoms with E-state index in [0.29, 0.717) is 0 Å². The van der Waals surface area contributed by atoms with Gasteiger partial charge in [0.15, 0.2) is 0 Å². The van der Waals surface area contributed by atoms with Crippen molar-refractivity contribution < 1.29 is 18.9 Å². The van der Waals surface area contributed by atoms with E-state index in [-0.39, 0.29) is 19.7 Å². The van der Waals surface area contributed by atoms with Crippen molar-refractivity contribution in [2.45, 2.75) is 25.6 Å². The van der Waals surface area contributed by atoms with E-state index < -0.39 is 7.82 Å². The molecule has 0 heterocycles. The Labute approximate surface area is 74.3 Å². The topological polar surface area (TPSA) is 66.8 Å². The maximum Gasteiger partial charge on any atom is 0.469 e. The molecule has 0 fully saturated rings. The lowest BCUT2D eigenvalue weighted by atomic mass is 10.3. The molecule has 4 nitrogen and oxygen atoms in total. The van der Waals surface area contributed by atoms with Gasteiger partial charge in [-0.1, -0.05) is 6.92 Å². The fourth-order valence-electron chi connectivity index (χ4n) is 0.725. The summed E-state index contributed by atoms with van der Waals surface area (Å²) in [5, 5.41) is 0. The zero-order valence-electron chi connectivity index (χ0n) is 7.76. The molecular formula is C6H16O4P2. The van der Waals surface area contributed by atoms with Crippen LogP contribution in [0.4, 0.5) is 0 Å². The first-order valence-electron chi connectivity index (χ1n) is 3.64. The summed E-state index contributed by atoms with van der Waals surface area (Å²) in [6, 6.07) is 0. The van der Waals surface area contributed by atoms with Gasteiger partial charge in [-0.2, -0.15) is 0 Å². The molecule has 2 unspecified atom stereocenters. The molecule has 2 atom stereocenters. The van der Waals surface area contributed by atoms with Crippen LogP contribution in [0.3, 0.4) is 0 Å². The van der Waals surface area contributed by atoms with Crippen LogP contribution >= 0.6 is 15.7 Å². The zero-order chi connectivity index (χ0) is 9.94. The lowest BCUT2D eigenvalue weighted by Gasteiger charge is -2.23. The summed E-state index contributed by atoms with van der Waals surface area (Å²) in [7, 11) is -4.53. The van der Waals surface area contributed by atoms with Crippen LogP contribution < -0.4 is 0 Å². The Bertz CT molecular complexity index is 176. The summed E-state index contributed by atoms with van der Waals surface area (Å²) in [4.78, 5) is 17.0. The SMILES string of the molecule is CC(OP(=O)(O)O)C(C)P(C)C. The van der Waals surface area contributed by atoms with E-state index in [0.717, 1.165) is 0 Å². The molecule has 0 aliphatic carbocycles. The Kier molecular flexibility index (Phi) is 4.90. The molecule has 0 bridgehead atoms. The number of phosphoric acid groups is 1. The maximum atomic E-state index is 10.4. The molecule has 12 heavy (non-hydrogen) atoms. The van der Waals surface area contributed by atoms with Gasteiger partial charge in [0, 0.05) is 5.66 Å². The van der Waals surface area contributed by atoms with Crippen LogP contribution in [0.25, 0.3) is 0 Å².